The molecule has 2 aliphatic rings. The van der Waals surface area contributed by atoms with Crippen LogP contribution in [0.2, 0.25) is 0 Å². The SMILES string of the molecule is O=C1CCC(C2C(=O)c3ccc(OCCCCBr)cc3C2=O)C(=O)N1. The van der Waals surface area contributed by atoms with Crippen molar-refractivity contribution in [3.05, 3.63) is 29.3 Å². The molecule has 25 heavy (non-hydrogen) atoms. The summed E-state index contributed by atoms with van der Waals surface area (Å²) < 4.78 is 5.62. The average molecular weight is 408 g/mol. The van der Waals surface area contributed by atoms with E-state index in [9.17, 15) is 19.2 Å². The molecular formula is C18H18BrNO5. The van der Waals surface area contributed by atoms with E-state index < -0.39 is 17.7 Å². The molecule has 1 fully saturated rings. The van der Waals surface area contributed by atoms with Gasteiger partial charge in [0.2, 0.25) is 11.8 Å². The number of fused-ring (bicyclic) bond motifs is 1. The van der Waals surface area contributed by atoms with Gasteiger partial charge in [-0.3, -0.25) is 24.5 Å². The summed E-state index contributed by atoms with van der Waals surface area (Å²) in [5, 5.41) is 3.12. The van der Waals surface area contributed by atoms with Crippen LogP contribution < -0.4 is 10.1 Å². The van der Waals surface area contributed by atoms with Crippen molar-refractivity contribution in [3.63, 3.8) is 0 Å². The van der Waals surface area contributed by atoms with Crippen molar-refractivity contribution >= 4 is 39.3 Å². The van der Waals surface area contributed by atoms with Gasteiger partial charge in [0.05, 0.1) is 18.4 Å². The zero-order valence-electron chi connectivity index (χ0n) is 13.5. The van der Waals surface area contributed by atoms with Crippen LogP contribution in [0.5, 0.6) is 5.75 Å². The summed E-state index contributed by atoms with van der Waals surface area (Å²) >= 11 is 3.35. The predicted molar refractivity (Wildman–Crippen MR) is 93.0 cm³/mol. The maximum Gasteiger partial charge on any atom is 0.230 e. The average Bonchev–Trinajstić information content (AvgIpc) is 2.83. The summed E-state index contributed by atoms with van der Waals surface area (Å²) in [5.74, 6) is -2.89. The number of unbranched alkanes of at least 4 members (excludes halogenated alkanes) is 1. The molecule has 132 valence electrons. The molecule has 1 heterocycles. The van der Waals surface area contributed by atoms with E-state index in [0.29, 0.717) is 23.5 Å². The number of nitrogens with one attached hydrogen (secondary N) is 1. The predicted octanol–water partition coefficient (Wildman–Crippen LogP) is 2.29. The molecule has 2 unspecified atom stereocenters. The topological polar surface area (TPSA) is 89.5 Å². The molecule has 0 spiro atoms. The monoisotopic (exact) mass is 407 g/mol. The lowest BCUT2D eigenvalue weighted by molar-refractivity contribution is -0.137. The second kappa shape index (κ2) is 7.47. The Hall–Kier alpha value is -2.02. The Labute approximate surface area is 153 Å². The summed E-state index contributed by atoms with van der Waals surface area (Å²) in [6.45, 7) is 0.531. The van der Waals surface area contributed by atoms with Gasteiger partial charge in [-0.15, -0.1) is 0 Å². The highest BCUT2D eigenvalue weighted by atomic mass is 79.9. The van der Waals surface area contributed by atoms with Crippen molar-refractivity contribution in [3.8, 4) is 5.75 Å². The zero-order chi connectivity index (χ0) is 18.0. The Morgan fingerprint density at radius 3 is 2.56 bits per heavy atom. The number of amides is 2. The van der Waals surface area contributed by atoms with E-state index in [4.69, 9.17) is 4.74 Å². The van der Waals surface area contributed by atoms with Gasteiger partial charge in [0.1, 0.15) is 5.75 Å². The Kier molecular flexibility index (Phi) is 5.32. The molecule has 0 saturated carbocycles. The van der Waals surface area contributed by atoms with Gasteiger partial charge in [-0.25, -0.2) is 0 Å². The minimum atomic E-state index is -1.04. The molecule has 7 heteroatoms. The molecule has 3 rings (SSSR count). The number of imide groups is 1. The smallest absolute Gasteiger partial charge is 0.230 e. The summed E-state index contributed by atoms with van der Waals surface area (Å²) in [6, 6.07) is 4.84. The number of hydrogen-bond acceptors (Lipinski definition) is 5. The molecule has 1 aromatic rings. The fourth-order valence-electron chi connectivity index (χ4n) is 3.27. The Morgan fingerprint density at radius 1 is 1.08 bits per heavy atom. The van der Waals surface area contributed by atoms with Crippen LogP contribution in [0.3, 0.4) is 0 Å². The largest absolute Gasteiger partial charge is 0.494 e. The van der Waals surface area contributed by atoms with Crippen LogP contribution >= 0.6 is 15.9 Å². The van der Waals surface area contributed by atoms with E-state index in [0.717, 1.165) is 18.2 Å². The Balaban J connectivity index is 1.77. The number of piperidine rings is 1. The molecule has 1 saturated heterocycles. The number of carbonyl (C=O) groups is 4. The van der Waals surface area contributed by atoms with E-state index >= 15 is 0 Å². The molecule has 0 radical (unpaired) electrons. The fourth-order valence-corrected chi connectivity index (χ4v) is 3.66. The first-order valence-corrected chi connectivity index (χ1v) is 9.40. The molecule has 2 amide bonds. The highest BCUT2D eigenvalue weighted by Crippen LogP contribution is 2.36. The van der Waals surface area contributed by atoms with Crippen molar-refractivity contribution < 1.29 is 23.9 Å². The first-order valence-electron chi connectivity index (χ1n) is 8.28. The summed E-state index contributed by atoms with van der Waals surface area (Å²) in [6.07, 6.45) is 2.23. The van der Waals surface area contributed by atoms with E-state index in [1.807, 2.05) is 0 Å². The van der Waals surface area contributed by atoms with Crippen LogP contribution in [0.15, 0.2) is 18.2 Å². The number of alkyl halides is 1. The number of Topliss-reactive ketones (excluding diaryl/α,β-unsaturated/α-hetero) is 2. The van der Waals surface area contributed by atoms with E-state index in [1.54, 1.807) is 18.2 Å². The third-order valence-corrected chi connectivity index (χ3v) is 5.13. The highest BCUT2D eigenvalue weighted by Gasteiger charge is 2.47. The summed E-state index contributed by atoms with van der Waals surface area (Å²) in [4.78, 5) is 48.7. The van der Waals surface area contributed by atoms with Gasteiger partial charge in [-0.2, -0.15) is 0 Å². The second-order valence-electron chi connectivity index (χ2n) is 6.22. The molecule has 1 N–H and O–H groups in total. The first-order chi connectivity index (χ1) is 12.0. The van der Waals surface area contributed by atoms with E-state index in [1.165, 1.54) is 0 Å². The minimum Gasteiger partial charge on any atom is -0.494 e. The number of rotatable bonds is 6. The third-order valence-electron chi connectivity index (χ3n) is 4.57. The van der Waals surface area contributed by atoms with Crippen LogP contribution in [0.25, 0.3) is 0 Å². The number of halogens is 1. The lowest BCUT2D eigenvalue weighted by Gasteiger charge is -2.23. The highest BCUT2D eigenvalue weighted by molar-refractivity contribution is 9.09. The fraction of sp³-hybridized carbons (Fsp3) is 0.444. The number of ketones is 2. The van der Waals surface area contributed by atoms with Gasteiger partial charge in [0.25, 0.3) is 0 Å². The quantitative estimate of drug-likeness (QED) is 0.338. The maximum atomic E-state index is 12.7. The van der Waals surface area contributed by atoms with Crippen molar-refractivity contribution in [1.82, 2.24) is 5.32 Å². The third kappa shape index (κ3) is 3.51. The maximum absolute atomic E-state index is 12.7. The molecule has 2 atom stereocenters. The zero-order valence-corrected chi connectivity index (χ0v) is 15.1. The van der Waals surface area contributed by atoms with Gasteiger partial charge in [-0.05, 0) is 37.5 Å². The van der Waals surface area contributed by atoms with Crippen LogP contribution in [0.4, 0.5) is 0 Å². The summed E-state index contributed by atoms with van der Waals surface area (Å²) in [7, 11) is 0. The van der Waals surface area contributed by atoms with E-state index in [-0.39, 0.29) is 30.3 Å². The normalized spacial score (nSPS) is 22.8. The van der Waals surface area contributed by atoms with Gasteiger partial charge in [0.15, 0.2) is 11.6 Å². The minimum absolute atomic E-state index is 0.145. The van der Waals surface area contributed by atoms with Crippen LogP contribution in [-0.4, -0.2) is 35.3 Å². The van der Waals surface area contributed by atoms with Crippen LogP contribution in [-0.2, 0) is 9.59 Å². The molecule has 0 aromatic heterocycles. The van der Waals surface area contributed by atoms with Crippen molar-refractivity contribution in [2.75, 3.05) is 11.9 Å². The first kappa shape index (κ1) is 17.8. The van der Waals surface area contributed by atoms with Gasteiger partial charge in [0, 0.05) is 22.9 Å². The van der Waals surface area contributed by atoms with Crippen molar-refractivity contribution in [2.24, 2.45) is 11.8 Å². The molecular weight excluding hydrogens is 390 g/mol. The van der Waals surface area contributed by atoms with Gasteiger partial charge in [-0.1, -0.05) is 15.9 Å². The second-order valence-corrected chi connectivity index (χ2v) is 7.01. The Morgan fingerprint density at radius 2 is 1.84 bits per heavy atom. The number of ether oxygens (including phenoxy) is 1. The standard InChI is InChI=1S/C18H18BrNO5/c19-7-1-2-8-25-10-3-4-11-13(9-10)17(23)15(16(11)22)12-5-6-14(21)20-18(12)24/h3-4,9,12,15H,1-2,5-8H2,(H,20,21,24). The van der Waals surface area contributed by atoms with Crippen molar-refractivity contribution in [1.29, 1.82) is 0 Å². The molecule has 6 nitrogen and oxygen atoms in total. The van der Waals surface area contributed by atoms with Crippen LogP contribution in [0.1, 0.15) is 46.4 Å². The van der Waals surface area contributed by atoms with E-state index in [2.05, 4.69) is 21.2 Å². The lowest BCUT2D eigenvalue weighted by Crippen LogP contribution is -2.46. The lowest BCUT2D eigenvalue weighted by atomic mass is 9.82. The Bertz CT molecular complexity index is 745. The summed E-state index contributed by atoms with van der Waals surface area (Å²) in [5.41, 5.74) is 0.630. The number of hydrogen-bond donors (Lipinski definition) is 1. The molecule has 0 bridgehead atoms. The van der Waals surface area contributed by atoms with Gasteiger partial charge < -0.3 is 4.74 Å². The molecule has 1 aliphatic heterocycles. The molecule has 1 aromatic carbocycles. The van der Waals surface area contributed by atoms with Gasteiger partial charge >= 0.3 is 0 Å². The van der Waals surface area contributed by atoms with Crippen LogP contribution in [0, 0.1) is 11.8 Å². The van der Waals surface area contributed by atoms with Crippen molar-refractivity contribution in [2.45, 2.75) is 25.7 Å². The number of benzene rings is 1. The molecule has 1 aliphatic carbocycles. The number of carbonyl (C=O) groups excluding carboxylic acids is 4.